The average molecular weight is 158 g/mol. The van der Waals surface area contributed by atoms with Crippen LogP contribution in [0.4, 0.5) is 0 Å². The van der Waals surface area contributed by atoms with Crippen molar-refractivity contribution in [1.82, 2.24) is 4.90 Å². The van der Waals surface area contributed by atoms with E-state index in [1.165, 1.54) is 13.0 Å². The number of likely N-dealkylation sites (N-methyl/N-ethyl adjacent to an activating group) is 1. The van der Waals surface area contributed by atoms with Crippen LogP contribution in [0.15, 0.2) is 0 Å². The molecule has 0 aliphatic heterocycles. The maximum atomic E-state index is 5.48. The van der Waals surface area contributed by atoms with Crippen molar-refractivity contribution < 1.29 is 0 Å². The van der Waals surface area contributed by atoms with Crippen molar-refractivity contribution in [2.75, 3.05) is 26.2 Å². The van der Waals surface area contributed by atoms with E-state index in [9.17, 15) is 0 Å². The van der Waals surface area contributed by atoms with Crippen molar-refractivity contribution in [2.45, 2.75) is 27.2 Å². The third kappa shape index (κ3) is 5.22. The van der Waals surface area contributed by atoms with Gasteiger partial charge < -0.3 is 10.6 Å². The van der Waals surface area contributed by atoms with Crippen molar-refractivity contribution in [3.63, 3.8) is 0 Å². The van der Waals surface area contributed by atoms with Gasteiger partial charge in [0.25, 0.3) is 0 Å². The lowest BCUT2D eigenvalue weighted by Crippen LogP contribution is -2.32. The molecule has 0 fully saturated rings. The molecule has 0 heterocycles. The van der Waals surface area contributed by atoms with Crippen LogP contribution in [0.25, 0.3) is 0 Å². The topological polar surface area (TPSA) is 29.3 Å². The summed E-state index contributed by atoms with van der Waals surface area (Å²) in [7, 11) is 0. The van der Waals surface area contributed by atoms with Crippen LogP contribution in [0.3, 0.4) is 0 Å². The van der Waals surface area contributed by atoms with Gasteiger partial charge in [0.2, 0.25) is 0 Å². The largest absolute Gasteiger partial charge is 0.329 e. The molecule has 0 rings (SSSR count). The van der Waals surface area contributed by atoms with Crippen LogP contribution in [0.5, 0.6) is 0 Å². The molecule has 2 nitrogen and oxygen atoms in total. The highest BCUT2D eigenvalue weighted by molar-refractivity contribution is 4.60. The van der Waals surface area contributed by atoms with Crippen LogP contribution in [0, 0.1) is 5.92 Å². The Labute approximate surface area is 70.8 Å². The summed E-state index contributed by atoms with van der Waals surface area (Å²) in [5.41, 5.74) is 5.48. The van der Waals surface area contributed by atoms with Gasteiger partial charge in [0.15, 0.2) is 0 Å². The van der Waals surface area contributed by atoms with E-state index in [4.69, 9.17) is 5.73 Å². The number of hydrogen-bond donors (Lipinski definition) is 1. The van der Waals surface area contributed by atoms with E-state index in [-0.39, 0.29) is 0 Å². The van der Waals surface area contributed by atoms with Gasteiger partial charge in [0.1, 0.15) is 0 Å². The first kappa shape index (κ1) is 10.9. The van der Waals surface area contributed by atoms with E-state index in [1.807, 2.05) is 0 Å². The predicted molar refractivity (Wildman–Crippen MR) is 50.6 cm³/mol. The lowest BCUT2D eigenvalue weighted by atomic mass is 10.1. The van der Waals surface area contributed by atoms with Crippen molar-refractivity contribution >= 4 is 0 Å². The summed E-state index contributed by atoms with van der Waals surface area (Å²) in [5.74, 6) is 0.807. The van der Waals surface area contributed by atoms with Crippen molar-refractivity contribution in [3.8, 4) is 0 Å². The molecule has 0 aromatic rings. The van der Waals surface area contributed by atoms with E-state index in [0.717, 1.165) is 25.6 Å². The molecule has 0 spiro atoms. The van der Waals surface area contributed by atoms with Crippen molar-refractivity contribution in [3.05, 3.63) is 0 Å². The molecular weight excluding hydrogens is 136 g/mol. The fraction of sp³-hybridized carbons (Fsp3) is 1.00. The number of hydrogen-bond acceptors (Lipinski definition) is 2. The Morgan fingerprint density at radius 3 is 2.36 bits per heavy atom. The molecule has 0 aliphatic carbocycles. The second-order valence-corrected chi connectivity index (χ2v) is 3.20. The van der Waals surface area contributed by atoms with E-state index < -0.39 is 0 Å². The maximum absolute atomic E-state index is 5.48. The van der Waals surface area contributed by atoms with Crippen LogP contribution in [-0.4, -0.2) is 31.1 Å². The van der Waals surface area contributed by atoms with Gasteiger partial charge in [0.05, 0.1) is 0 Å². The molecule has 2 heteroatoms. The van der Waals surface area contributed by atoms with E-state index in [1.54, 1.807) is 0 Å². The van der Waals surface area contributed by atoms with Crippen LogP contribution in [0.2, 0.25) is 0 Å². The number of rotatable bonds is 6. The van der Waals surface area contributed by atoms with Crippen LogP contribution in [-0.2, 0) is 0 Å². The molecular formula is C9H22N2. The molecule has 1 atom stereocenters. The molecule has 0 saturated heterocycles. The lowest BCUT2D eigenvalue weighted by Gasteiger charge is -2.22. The Kier molecular flexibility index (Phi) is 6.57. The zero-order valence-corrected chi connectivity index (χ0v) is 8.14. The first-order valence-electron chi connectivity index (χ1n) is 4.66. The molecule has 68 valence electrons. The van der Waals surface area contributed by atoms with Gasteiger partial charge in [-0.3, -0.25) is 0 Å². The minimum Gasteiger partial charge on any atom is -0.329 e. The SMILES string of the molecule is CC[C@H](C)CN(CC)CCN. The fourth-order valence-corrected chi connectivity index (χ4v) is 1.13. The van der Waals surface area contributed by atoms with E-state index >= 15 is 0 Å². The summed E-state index contributed by atoms with van der Waals surface area (Å²) < 4.78 is 0. The number of nitrogens with zero attached hydrogens (tertiary/aromatic N) is 1. The summed E-state index contributed by atoms with van der Waals surface area (Å²) in [6, 6.07) is 0. The smallest absolute Gasteiger partial charge is 0.0105 e. The van der Waals surface area contributed by atoms with Gasteiger partial charge in [0, 0.05) is 19.6 Å². The summed E-state index contributed by atoms with van der Waals surface area (Å²) in [6.45, 7) is 10.9. The molecule has 0 aromatic heterocycles. The second kappa shape index (κ2) is 6.62. The van der Waals surface area contributed by atoms with Crippen molar-refractivity contribution in [1.29, 1.82) is 0 Å². The normalized spacial score (nSPS) is 13.9. The minimum atomic E-state index is 0.782. The quantitative estimate of drug-likeness (QED) is 0.631. The highest BCUT2D eigenvalue weighted by Crippen LogP contribution is 2.02. The molecule has 11 heavy (non-hydrogen) atoms. The monoisotopic (exact) mass is 158 g/mol. The minimum absolute atomic E-state index is 0.782. The average Bonchev–Trinajstić information content (AvgIpc) is 2.03. The second-order valence-electron chi connectivity index (χ2n) is 3.20. The zero-order chi connectivity index (χ0) is 8.69. The lowest BCUT2D eigenvalue weighted by molar-refractivity contribution is 0.252. The Morgan fingerprint density at radius 1 is 1.36 bits per heavy atom. The maximum Gasteiger partial charge on any atom is 0.0105 e. The molecule has 2 N–H and O–H groups in total. The molecule has 0 bridgehead atoms. The highest BCUT2D eigenvalue weighted by atomic mass is 15.1. The Hall–Kier alpha value is -0.0800. The molecule has 0 aromatic carbocycles. The summed E-state index contributed by atoms with van der Waals surface area (Å²) in [4.78, 5) is 2.41. The summed E-state index contributed by atoms with van der Waals surface area (Å²) >= 11 is 0. The molecule has 0 amide bonds. The highest BCUT2D eigenvalue weighted by Gasteiger charge is 2.04. The van der Waals surface area contributed by atoms with Gasteiger partial charge in [-0.05, 0) is 12.5 Å². The van der Waals surface area contributed by atoms with E-state index in [0.29, 0.717) is 0 Å². The standard InChI is InChI=1S/C9H22N2/c1-4-9(3)8-11(5-2)7-6-10/h9H,4-8,10H2,1-3H3/t9-/m0/s1. The summed E-state index contributed by atoms with van der Waals surface area (Å²) in [5, 5.41) is 0. The van der Waals surface area contributed by atoms with Gasteiger partial charge in [-0.15, -0.1) is 0 Å². The Balaban J connectivity index is 3.49. The first-order chi connectivity index (χ1) is 5.24. The fourth-order valence-electron chi connectivity index (χ4n) is 1.13. The number of nitrogens with two attached hydrogens (primary N) is 1. The van der Waals surface area contributed by atoms with Gasteiger partial charge in [-0.2, -0.15) is 0 Å². The molecule has 0 radical (unpaired) electrons. The van der Waals surface area contributed by atoms with Gasteiger partial charge >= 0.3 is 0 Å². The van der Waals surface area contributed by atoms with Gasteiger partial charge in [-0.1, -0.05) is 27.2 Å². The first-order valence-corrected chi connectivity index (χ1v) is 4.66. The molecule has 0 saturated carbocycles. The predicted octanol–water partition coefficient (Wildman–Crippen LogP) is 1.31. The Bertz CT molecular complexity index is 83.6. The summed E-state index contributed by atoms with van der Waals surface area (Å²) in [6.07, 6.45) is 1.26. The van der Waals surface area contributed by atoms with Crippen LogP contribution in [0.1, 0.15) is 27.2 Å². The van der Waals surface area contributed by atoms with E-state index in [2.05, 4.69) is 25.7 Å². The Morgan fingerprint density at radius 2 is 2.00 bits per heavy atom. The molecule has 0 unspecified atom stereocenters. The molecule has 0 aliphatic rings. The zero-order valence-electron chi connectivity index (χ0n) is 8.14. The van der Waals surface area contributed by atoms with Gasteiger partial charge in [-0.25, -0.2) is 0 Å². The van der Waals surface area contributed by atoms with Crippen molar-refractivity contribution in [2.24, 2.45) is 11.7 Å². The van der Waals surface area contributed by atoms with Crippen LogP contribution >= 0.6 is 0 Å². The third-order valence-electron chi connectivity index (χ3n) is 2.16. The van der Waals surface area contributed by atoms with Crippen LogP contribution < -0.4 is 5.73 Å². The third-order valence-corrected chi connectivity index (χ3v) is 2.16.